The van der Waals surface area contributed by atoms with Crippen LogP contribution in [-0.4, -0.2) is 17.7 Å². The zero-order valence-corrected chi connectivity index (χ0v) is 7.57. The smallest absolute Gasteiger partial charge is 0.245 e. The molecule has 4 heteroatoms. The van der Waals surface area contributed by atoms with E-state index in [-0.39, 0.29) is 0 Å². The molecular formula is C6H15N2OP. The van der Waals surface area contributed by atoms with E-state index in [9.17, 15) is 4.57 Å². The lowest BCUT2D eigenvalue weighted by Gasteiger charge is -1.86. The maximum atomic E-state index is 9.89. The molecule has 0 radical (unpaired) electrons. The summed E-state index contributed by atoms with van der Waals surface area (Å²) in [4.78, 5) is 2.25. The second-order valence-electron chi connectivity index (χ2n) is 1.80. The van der Waals surface area contributed by atoms with Crippen LogP contribution >= 0.6 is 8.46 Å². The number of hydrogen-bond acceptors (Lipinski definition) is 1. The molecule has 10 heavy (non-hydrogen) atoms. The molecule has 0 aromatic rings. The molecule has 0 rings (SSSR count). The quantitative estimate of drug-likeness (QED) is 0.204. The van der Waals surface area contributed by atoms with Gasteiger partial charge in [-0.05, 0) is 12.6 Å². The Kier molecular flexibility index (Phi) is 19.5. The first-order valence-corrected chi connectivity index (χ1v) is 4.66. The summed E-state index contributed by atoms with van der Waals surface area (Å²) in [6, 6.07) is 0. The molecule has 1 atom stereocenters. The van der Waals surface area contributed by atoms with E-state index in [1.54, 1.807) is 0 Å². The monoisotopic (exact) mass is 162 g/mol. The fourth-order valence-electron chi connectivity index (χ4n) is 0.478. The SMILES string of the molecule is C=[N+]=[N-].CCCCC[PH2]=O. The minimum absolute atomic E-state index is 0.469. The minimum Gasteiger partial charge on any atom is -0.362 e. The number of hydrogen-bond donors (Lipinski definition) is 0. The Morgan fingerprint density at radius 2 is 2.10 bits per heavy atom. The first-order valence-electron chi connectivity index (χ1n) is 3.37. The van der Waals surface area contributed by atoms with Gasteiger partial charge in [-0.2, -0.15) is 4.79 Å². The van der Waals surface area contributed by atoms with E-state index in [1.807, 2.05) is 0 Å². The maximum absolute atomic E-state index is 9.89. The summed E-state index contributed by atoms with van der Waals surface area (Å²) >= 11 is 0. The molecular weight excluding hydrogens is 147 g/mol. The van der Waals surface area contributed by atoms with Gasteiger partial charge < -0.3 is 10.1 Å². The van der Waals surface area contributed by atoms with Gasteiger partial charge >= 0.3 is 0 Å². The van der Waals surface area contributed by atoms with Crippen LogP contribution in [0.4, 0.5) is 0 Å². The van der Waals surface area contributed by atoms with Gasteiger partial charge in [-0.15, -0.1) is 0 Å². The van der Waals surface area contributed by atoms with Crippen molar-refractivity contribution < 1.29 is 9.35 Å². The van der Waals surface area contributed by atoms with Crippen molar-refractivity contribution in [1.29, 1.82) is 0 Å². The van der Waals surface area contributed by atoms with Crippen molar-refractivity contribution in [2.75, 3.05) is 6.16 Å². The normalized spacial score (nSPS) is 8.50. The third kappa shape index (κ3) is 25.5. The standard InChI is InChI=1S/C5H13OP.CH2N2/c1-2-3-4-5-7-6;1-3-2/h2-5,7H2,1H3;1H2. The summed E-state index contributed by atoms with van der Waals surface area (Å²) in [6.07, 6.45) is 4.60. The lowest BCUT2D eigenvalue weighted by atomic mass is 10.3. The van der Waals surface area contributed by atoms with E-state index in [1.165, 1.54) is 12.8 Å². The second kappa shape index (κ2) is 15.8. The lowest BCUT2D eigenvalue weighted by Crippen LogP contribution is -1.71. The van der Waals surface area contributed by atoms with Crippen molar-refractivity contribution >= 4 is 15.2 Å². The fraction of sp³-hybridized carbons (Fsp3) is 0.833. The molecule has 0 aliphatic rings. The molecule has 0 saturated heterocycles. The van der Waals surface area contributed by atoms with Crippen molar-refractivity contribution in [3.05, 3.63) is 5.53 Å². The van der Waals surface area contributed by atoms with Gasteiger partial charge in [0.2, 0.25) is 6.72 Å². The molecule has 0 heterocycles. The Morgan fingerprint density at radius 3 is 2.40 bits per heavy atom. The largest absolute Gasteiger partial charge is 0.362 e. The third-order valence-corrected chi connectivity index (χ3v) is 1.57. The van der Waals surface area contributed by atoms with Crippen LogP contribution in [0.2, 0.25) is 0 Å². The van der Waals surface area contributed by atoms with E-state index in [0.717, 1.165) is 12.6 Å². The van der Waals surface area contributed by atoms with Crippen LogP contribution in [0.5, 0.6) is 0 Å². The Labute approximate surface area is 63.3 Å². The van der Waals surface area contributed by atoms with Crippen LogP contribution in [0.25, 0.3) is 5.53 Å². The first kappa shape index (κ1) is 12.3. The highest BCUT2D eigenvalue weighted by Crippen LogP contribution is 2.00. The Balaban J connectivity index is 0. The predicted molar refractivity (Wildman–Crippen MR) is 45.5 cm³/mol. The zero-order valence-electron chi connectivity index (χ0n) is 6.42. The fourth-order valence-corrected chi connectivity index (χ4v) is 0.933. The Morgan fingerprint density at radius 1 is 1.60 bits per heavy atom. The summed E-state index contributed by atoms with van der Waals surface area (Å²) in [6.45, 7) is 4.82. The van der Waals surface area contributed by atoms with E-state index in [0.29, 0.717) is 0 Å². The average molecular weight is 162 g/mol. The minimum atomic E-state index is -0.469. The molecule has 0 aromatic carbocycles. The van der Waals surface area contributed by atoms with Gasteiger partial charge in [0.1, 0.15) is 0 Å². The van der Waals surface area contributed by atoms with Crippen LogP contribution in [-0.2, 0) is 4.57 Å². The van der Waals surface area contributed by atoms with Gasteiger partial charge in [-0.1, -0.05) is 19.8 Å². The van der Waals surface area contributed by atoms with Gasteiger partial charge in [0.05, 0.1) is 8.46 Å². The van der Waals surface area contributed by atoms with Crippen molar-refractivity contribution in [2.24, 2.45) is 0 Å². The molecule has 1 unspecified atom stereocenters. The number of unbranched alkanes of at least 4 members (excludes halogenated alkanes) is 2. The highest BCUT2D eigenvalue weighted by atomic mass is 31.1. The van der Waals surface area contributed by atoms with Crippen LogP contribution < -0.4 is 0 Å². The lowest BCUT2D eigenvalue weighted by molar-refractivity contribution is 0.0110. The van der Waals surface area contributed by atoms with Crippen molar-refractivity contribution in [3.63, 3.8) is 0 Å². The molecule has 0 aliphatic carbocycles. The molecule has 0 aromatic heterocycles. The van der Waals surface area contributed by atoms with Crippen molar-refractivity contribution in [2.45, 2.75) is 26.2 Å². The molecule has 0 N–H and O–H groups in total. The highest BCUT2D eigenvalue weighted by Gasteiger charge is 1.79. The predicted octanol–water partition coefficient (Wildman–Crippen LogP) is 1.85. The molecule has 0 fully saturated rings. The van der Waals surface area contributed by atoms with E-state index < -0.39 is 8.46 Å². The molecule has 60 valence electrons. The van der Waals surface area contributed by atoms with Crippen LogP contribution in [0, 0.1) is 0 Å². The van der Waals surface area contributed by atoms with Crippen molar-refractivity contribution in [1.82, 2.24) is 0 Å². The summed E-state index contributed by atoms with van der Waals surface area (Å²) in [5.41, 5.74) is 7.08. The molecule has 0 amide bonds. The van der Waals surface area contributed by atoms with E-state index >= 15 is 0 Å². The Bertz CT molecular complexity index is 99.9. The van der Waals surface area contributed by atoms with Gasteiger partial charge in [0.15, 0.2) is 0 Å². The molecule has 3 nitrogen and oxygen atoms in total. The summed E-state index contributed by atoms with van der Waals surface area (Å²) in [5, 5.41) is 0. The van der Waals surface area contributed by atoms with Gasteiger partial charge in [-0.25, -0.2) is 0 Å². The maximum Gasteiger partial charge on any atom is 0.245 e. The van der Waals surface area contributed by atoms with Crippen LogP contribution in [0.15, 0.2) is 0 Å². The van der Waals surface area contributed by atoms with Crippen LogP contribution in [0.3, 0.4) is 0 Å². The number of rotatable bonds is 4. The molecule has 0 spiro atoms. The zero-order chi connectivity index (χ0) is 8.24. The Hall–Kier alpha value is -0.390. The van der Waals surface area contributed by atoms with Crippen LogP contribution in [0.1, 0.15) is 26.2 Å². The average Bonchev–Trinajstić information content (AvgIpc) is 1.91. The third-order valence-electron chi connectivity index (χ3n) is 0.926. The van der Waals surface area contributed by atoms with Crippen molar-refractivity contribution in [3.8, 4) is 0 Å². The second-order valence-corrected chi connectivity index (χ2v) is 2.71. The first-order chi connectivity index (χ1) is 4.83. The highest BCUT2D eigenvalue weighted by molar-refractivity contribution is 7.23. The van der Waals surface area contributed by atoms with Gasteiger partial charge in [-0.3, -0.25) is 0 Å². The summed E-state index contributed by atoms with van der Waals surface area (Å²) in [5.74, 6) is 0. The number of nitrogens with zero attached hydrogens (tertiary/aromatic N) is 2. The molecule has 0 saturated carbocycles. The topological polar surface area (TPSA) is 53.5 Å². The van der Waals surface area contributed by atoms with Gasteiger partial charge in [0, 0.05) is 0 Å². The molecule has 0 aliphatic heterocycles. The summed E-state index contributed by atoms with van der Waals surface area (Å²) in [7, 11) is -0.469. The van der Waals surface area contributed by atoms with Gasteiger partial charge in [0.25, 0.3) is 0 Å². The molecule has 0 bridgehead atoms. The van der Waals surface area contributed by atoms with E-state index in [2.05, 4.69) is 18.4 Å². The van der Waals surface area contributed by atoms with E-state index in [4.69, 9.17) is 5.53 Å². The summed E-state index contributed by atoms with van der Waals surface area (Å²) < 4.78 is 9.89.